The van der Waals surface area contributed by atoms with Crippen molar-refractivity contribution in [2.24, 2.45) is 4.99 Å². The highest BCUT2D eigenvalue weighted by atomic mass is 79.9. The van der Waals surface area contributed by atoms with E-state index in [9.17, 15) is 9.59 Å². The van der Waals surface area contributed by atoms with E-state index in [-0.39, 0.29) is 12.2 Å². The van der Waals surface area contributed by atoms with Gasteiger partial charge in [0, 0.05) is 25.2 Å². The molecule has 0 N–H and O–H groups in total. The molecule has 0 aliphatic carbocycles. The summed E-state index contributed by atoms with van der Waals surface area (Å²) in [7, 11) is 3.08. The van der Waals surface area contributed by atoms with Crippen LogP contribution in [-0.2, 0) is 14.3 Å². The summed E-state index contributed by atoms with van der Waals surface area (Å²) in [6.45, 7) is 6.36. The minimum atomic E-state index is -0.769. The van der Waals surface area contributed by atoms with Crippen molar-refractivity contribution in [1.82, 2.24) is 4.57 Å². The Morgan fingerprint density at radius 1 is 1.21 bits per heavy atom. The molecule has 2 aromatic heterocycles. The molecule has 0 bridgehead atoms. The average Bonchev–Trinajstić information content (AvgIpc) is 3.46. The Morgan fingerprint density at radius 2 is 1.95 bits per heavy atom. The number of morpholine rings is 1. The van der Waals surface area contributed by atoms with Crippen LogP contribution in [0.5, 0.6) is 11.5 Å². The second-order valence-electron chi connectivity index (χ2n) is 8.82. The first-order valence-electron chi connectivity index (χ1n) is 12.4. The first kappa shape index (κ1) is 27.2. The fraction of sp³-hybridized carbons (Fsp3) is 0.370. The van der Waals surface area contributed by atoms with Gasteiger partial charge in [0.15, 0.2) is 16.3 Å². The van der Waals surface area contributed by atoms with Crippen LogP contribution in [0.25, 0.3) is 6.08 Å². The molecular formula is C27H28BrN3O7S. The van der Waals surface area contributed by atoms with Crippen molar-refractivity contribution in [2.45, 2.75) is 19.9 Å². The third-order valence-corrected chi connectivity index (χ3v) is 8.05. The molecule has 206 valence electrons. The van der Waals surface area contributed by atoms with E-state index < -0.39 is 12.0 Å². The van der Waals surface area contributed by atoms with Gasteiger partial charge < -0.3 is 28.3 Å². The molecule has 1 fully saturated rings. The van der Waals surface area contributed by atoms with Crippen LogP contribution in [0.4, 0.5) is 5.88 Å². The van der Waals surface area contributed by atoms with Gasteiger partial charge in [-0.3, -0.25) is 9.36 Å². The number of nitrogens with zero attached hydrogens (tertiary/aromatic N) is 3. The number of hydrogen-bond acceptors (Lipinski definition) is 10. The molecule has 4 heterocycles. The zero-order valence-electron chi connectivity index (χ0n) is 22.0. The van der Waals surface area contributed by atoms with E-state index >= 15 is 0 Å². The summed E-state index contributed by atoms with van der Waals surface area (Å²) < 4.78 is 30.6. The second-order valence-corrected chi connectivity index (χ2v) is 10.7. The highest BCUT2D eigenvalue weighted by molar-refractivity contribution is 9.10. The first-order chi connectivity index (χ1) is 18.9. The van der Waals surface area contributed by atoms with Crippen LogP contribution < -0.4 is 29.3 Å². The van der Waals surface area contributed by atoms with Crippen molar-refractivity contribution in [1.29, 1.82) is 0 Å². The van der Waals surface area contributed by atoms with E-state index in [0.29, 0.717) is 62.5 Å². The van der Waals surface area contributed by atoms with Crippen LogP contribution in [0.1, 0.15) is 31.2 Å². The molecule has 1 saturated heterocycles. The van der Waals surface area contributed by atoms with E-state index in [1.54, 1.807) is 45.2 Å². The highest BCUT2D eigenvalue weighted by Gasteiger charge is 2.34. The Hall–Kier alpha value is -3.35. The number of allylic oxidation sites excluding steroid dienone is 1. The number of fused-ring (bicyclic) bond motifs is 1. The monoisotopic (exact) mass is 617 g/mol. The smallest absolute Gasteiger partial charge is 0.338 e. The number of carbonyl (C=O) groups is 1. The number of benzene rings is 1. The summed E-state index contributed by atoms with van der Waals surface area (Å²) in [6.07, 6.45) is 1.70. The third kappa shape index (κ3) is 5.15. The quantitative estimate of drug-likeness (QED) is 0.373. The van der Waals surface area contributed by atoms with Gasteiger partial charge in [-0.05, 0) is 47.5 Å². The van der Waals surface area contributed by atoms with Crippen molar-refractivity contribution in [3.05, 3.63) is 71.0 Å². The maximum Gasteiger partial charge on any atom is 0.338 e. The van der Waals surface area contributed by atoms with Crippen LogP contribution >= 0.6 is 27.3 Å². The van der Waals surface area contributed by atoms with E-state index in [2.05, 4.69) is 25.8 Å². The lowest BCUT2D eigenvalue weighted by molar-refractivity contribution is -0.139. The fourth-order valence-electron chi connectivity index (χ4n) is 4.69. The average molecular weight is 619 g/mol. The van der Waals surface area contributed by atoms with Crippen LogP contribution in [0.3, 0.4) is 0 Å². The van der Waals surface area contributed by atoms with Crippen molar-refractivity contribution in [3.8, 4) is 11.5 Å². The van der Waals surface area contributed by atoms with Gasteiger partial charge in [0.2, 0.25) is 5.88 Å². The van der Waals surface area contributed by atoms with Crippen molar-refractivity contribution in [3.63, 3.8) is 0 Å². The lowest BCUT2D eigenvalue weighted by atomic mass is 9.95. The van der Waals surface area contributed by atoms with Gasteiger partial charge in [0.05, 0.1) is 60.4 Å². The zero-order chi connectivity index (χ0) is 27.7. The van der Waals surface area contributed by atoms with Gasteiger partial charge in [-0.15, -0.1) is 0 Å². The molecule has 10 nitrogen and oxygen atoms in total. The lowest BCUT2D eigenvalue weighted by Crippen LogP contribution is -2.39. The summed E-state index contributed by atoms with van der Waals surface area (Å²) in [5.74, 6) is 1.70. The number of halogens is 1. The zero-order valence-corrected chi connectivity index (χ0v) is 24.4. The molecule has 0 saturated carbocycles. The molecule has 1 atom stereocenters. The minimum absolute atomic E-state index is 0.192. The molecule has 1 unspecified atom stereocenters. The number of aromatic nitrogens is 1. The SMILES string of the molecule is CCOC(=O)C1=C(C)N=c2sc(=Cc3cc(Br)c(N4CCOCC4)o3)c(=O)n2C1c1ccc(OC)c(OC)c1. The summed E-state index contributed by atoms with van der Waals surface area (Å²) in [5, 5.41) is 0. The number of carbonyl (C=O) groups excluding carboxylic acids is 1. The number of thiazole rings is 1. The number of anilines is 1. The summed E-state index contributed by atoms with van der Waals surface area (Å²) in [5.41, 5.74) is 1.14. The van der Waals surface area contributed by atoms with E-state index in [0.717, 1.165) is 17.6 Å². The summed E-state index contributed by atoms with van der Waals surface area (Å²) in [4.78, 5) is 34.2. The normalized spacial score (nSPS) is 17.6. The first-order valence-corrected chi connectivity index (χ1v) is 14.0. The number of ether oxygens (including phenoxy) is 4. The van der Waals surface area contributed by atoms with E-state index in [4.69, 9.17) is 23.4 Å². The number of methoxy groups -OCH3 is 2. The molecule has 0 radical (unpaired) electrons. The van der Waals surface area contributed by atoms with E-state index in [1.807, 2.05) is 6.07 Å². The van der Waals surface area contributed by atoms with Crippen LogP contribution in [0.2, 0.25) is 0 Å². The van der Waals surface area contributed by atoms with Crippen molar-refractivity contribution in [2.75, 3.05) is 52.0 Å². The Balaban J connectivity index is 1.65. The maximum atomic E-state index is 13.9. The maximum absolute atomic E-state index is 13.9. The van der Waals surface area contributed by atoms with E-state index in [1.165, 1.54) is 23.0 Å². The van der Waals surface area contributed by atoms with Gasteiger partial charge in [-0.1, -0.05) is 17.4 Å². The predicted molar refractivity (Wildman–Crippen MR) is 149 cm³/mol. The molecule has 39 heavy (non-hydrogen) atoms. The number of rotatable bonds is 7. The van der Waals surface area contributed by atoms with Gasteiger partial charge in [0.25, 0.3) is 5.56 Å². The molecule has 2 aliphatic heterocycles. The highest BCUT2D eigenvalue weighted by Crippen LogP contribution is 2.36. The summed E-state index contributed by atoms with van der Waals surface area (Å²) >= 11 is 4.81. The largest absolute Gasteiger partial charge is 0.493 e. The van der Waals surface area contributed by atoms with Crippen LogP contribution in [0.15, 0.2) is 54.2 Å². The number of esters is 1. The summed E-state index contributed by atoms with van der Waals surface area (Å²) in [6, 6.07) is 6.38. The number of hydrogen-bond donors (Lipinski definition) is 0. The Kier molecular flexibility index (Phi) is 7.96. The van der Waals surface area contributed by atoms with Gasteiger partial charge in [-0.25, -0.2) is 9.79 Å². The minimum Gasteiger partial charge on any atom is -0.493 e. The Morgan fingerprint density at radius 3 is 2.64 bits per heavy atom. The fourth-order valence-corrected chi connectivity index (χ4v) is 6.27. The molecular weight excluding hydrogens is 590 g/mol. The topological polar surface area (TPSA) is 105 Å². The third-order valence-electron chi connectivity index (χ3n) is 6.50. The predicted octanol–water partition coefficient (Wildman–Crippen LogP) is 3.01. The van der Waals surface area contributed by atoms with Crippen LogP contribution in [-0.4, -0.2) is 57.7 Å². The van der Waals surface area contributed by atoms with Crippen molar-refractivity contribution >= 4 is 45.2 Å². The number of furan rings is 1. The molecule has 1 aromatic carbocycles. The molecule has 2 aliphatic rings. The van der Waals surface area contributed by atoms with Gasteiger partial charge in [-0.2, -0.15) is 0 Å². The second kappa shape index (κ2) is 11.4. The lowest BCUT2D eigenvalue weighted by Gasteiger charge is -2.26. The standard InChI is InChI=1S/C27H28BrN3O7S/c1-5-37-26(33)22-15(2)29-27-31(23(22)16-6-7-19(34-3)20(12-16)35-4)24(32)21(39-27)14-17-13-18(28)25(38-17)30-8-10-36-11-9-30/h6-7,12-14,23H,5,8-11H2,1-4H3. The molecule has 0 spiro atoms. The van der Waals surface area contributed by atoms with Crippen LogP contribution in [0, 0.1) is 0 Å². The molecule has 3 aromatic rings. The Labute approximate surface area is 236 Å². The molecule has 5 rings (SSSR count). The molecule has 12 heteroatoms. The van der Waals surface area contributed by atoms with Crippen molar-refractivity contribution < 1.29 is 28.2 Å². The Bertz CT molecular complexity index is 1610. The van der Waals surface area contributed by atoms with Gasteiger partial charge in [0.1, 0.15) is 5.76 Å². The molecule has 0 amide bonds. The van der Waals surface area contributed by atoms with Gasteiger partial charge >= 0.3 is 5.97 Å².